The molecule has 1 saturated heterocycles. The van der Waals surface area contributed by atoms with E-state index in [0.717, 1.165) is 24.3 Å². The van der Waals surface area contributed by atoms with Gasteiger partial charge in [0, 0.05) is 30.7 Å². The number of methoxy groups -OCH3 is 1. The third-order valence-electron chi connectivity index (χ3n) is 5.74. The van der Waals surface area contributed by atoms with E-state index in [0.29, 0.717) is 31.1 Å². The van der Waals surface area contributed by atoms with Crippen molar-refractivity contribution < 1.29 is 14.3 Å². The van der Waals surface area contributed by atoms with Crippen LogP contribution in [0.1, 0.15) is 34.6 Å². The molecule has 0 unspecified atom stereocenters. The third kappa shape index (κ3) is 4.04. The van der Waals surface area contributed by atoms with Gasteiger partial charge in [-0.3, -0.25) is 4.79 Å². The van der Waals surface area contributed by atoms with Gasteiger partial charge in [-0.25, -0.2) is 0 Å². The number of carbonyl (C=O) groups excluding carboxylic acids is 1. The molecule has 1 amide bonds. The Hall–Kier alpha value is -3.26. The zero-order valence-corrected chi connectivity index (χ0v) is 17.2. The molecule has 2 heterocycles. The first kappa shape index (κ1) is 20.0. The highest BCUT2D eigenvalue weighted by molar-refractivity contribution is 5.94. The lowest BCUT2D eigenvalue weighted by Gasteiger charge is -2.38. The summed E-state index contributed by atoms with van der Waals surface area (Å²) in [5.41, 5.74) is 2.45. The highest BCUT2D eigenvalue weighted by atomic mass is 16.5. The minimum atomic E-state index is -0.149. The summed E-state index contributed by atoms with van der Waals surface area (Å²) in [7, 11) is 1.66. The largest absolute Gasteiger partial charge is 0.497 e. The van der Waals surface area contributed by atoms with Crippen LogP contribution in [0.3, 0.4) is 0 Å². The molecule has 0 spiro atoms. The number of nitrogens with zero attached hydrogens (tertiary/aromatic N) is 4. The predicted molar refractivity (Wildman–Crippen MR) is 111 cm³/mol. The fraction of sp³-hybridized carbons (Fsp3) is 0.364. The van der Waals surface area contributed by atoms with Gasteiger partial charge in [0.2, 0.25) is 0 Å². The maximum Gasteiger partial charge on any atom is 0.251 e. The average Bonchev–Trinajstić information content (AvgIpc) is 3.24. The van der Waals surface area contributed by atoms with Crippen LogP contribution < -0.4 is 10.1 Å². The smallest absolute Gasteiger partial charge is 0.251 e. The fourth-order valence-corrected chi connectivity index (χ4v) is 3.85. The van der Waals surface area contributed by atoms with Gasteiger partial charge in [-0.1, -0.05) is 12.1 Å². The normalized spacial score (nSPS) is 15.5. The lowest BCUT2D eigenvalue weighted by atomic mass is 9.74. The second-order valence-electron chi connectivity index (χ2n) is 7.49. The van der Waals surface area contributed by atoms with Crippen LogP contribution in [-0.4, -0.2) is 53.0 Å². The molecule has 1 aliphatic heterocycles. The van der Waals surface area contributed by atoms with Gasteiger partial charge < -0.3 is 14.8 Å². The Bertz CT molecular complexity index is 992. The summed E-state index contributed by atoms with van der Waals surface area (Å²) >= 11 is 0. The number of aryl methyl sites for hydroxylation is 1. The van der Waals surface area contributed by atoms with Gasteiger partial charge in [-0.2, -0.15) is 4.68 Å². The minimum absolute atomic E-state index is 0.102. The Morgan fingerprint density at radius 1 is 1.13 bits per heavy atom. The number of nitrogens with one attached hydrogen (secondary N) is 1. The lowest BCUT2D eigenvalue weighted by molar-refractivity contribution is 0.0487. The van der Waals surface area contributed by atoms with Crippen molar-refractivity contribution in [1.82, 2.24) is 25.5 Å². The summed E-state index contributed by atoms with van der Waals surface area (Å²) in [6.07, 6.45) is 1.72. The van der Waals surface area contributed by atoms with Gasteiger partial charge in [0.05, 0.1) is 12.8 Å². The average molecular weight is 407 g/mol. The Morgan fingerprint density at radius 3 is 2.43 bits per heavy atom. The summed E-state index contributed by atoms with van der Waals surface area (Å²) in [6, 6.07) is 15.4. The Labute approximate surface area is 175 Å². The van der Waals surface area contributed by atoms with Crippen molar-refractivity contribution in [3.05, 3.63) is 65.5 Å². The number of carbonyl (C=O) groups is 1. The topological polar surface area (TPSA) is 91.2 Å². The van der Waals surface area contributed by atoms with Crippen molar-refractivity contribution in [1.29, 1.82) is 0 Å². The molecule has 2 aromatic carbocycles. The standard InChI is InChI=1S/C22H25N5O3/c1-16-24-25-26-27(16)19-7-3-17(4-8-19)21(28)23-15-22(11-13-30-14-12-22)18-5-9-20(29-2)10-6-18/h3-10H,11-15H2,1-2H3,(H,23,28). The van der Waals surface area contributed by atoms with Gasteiger partial charge in [0.1, 0.15) is 5.75 Å². The number of hydrogen-bond acceptors (Lipinski definition) is 6. The number of tetrazole rings is 1. The molecule has 0 aliphatic carbocycles. The monoisotopic (exact) mass is 407 g/mol. The lowest BCUT2D eigenvalue weighted by Crippen LogP contribution is -2.44. The summed E-state index contributed by atoms with van der Waals surface area (Å²) in [6.45, 7) is 3.74. The van der Waals surface area contributed by atoms with Crippen LogP contribution in [0.4, 0.5) is 0 Å². The molecule has 1 fully saturated rings. The van der Waals surface area contributed by atoms with Crippen LogP contribution in [0, 0.1) is 6.92 Å². The molecule has 30 heavy (non-hydrogen) atoms. The fourth-order valence-electron chi connectivity index (χ4n) is 3.85. The number of hydrogen-bond donors (Lipinski definition) is 1. The summed E-state index contributed by atoms with van der Waals surface area (Å²) in [4.78, 5) is 12.8. The van der Waals surface area contributed by atoms with Crippen LogP contribution in [-0.2, 0) is 10.2 Å². The number of ether oxygens (including phenoxy) is 2. The van der Waals surface area contributed by atoms with Crippen LogP contribution in [0.5, 0.6) is 5.75 Å². The van der Waals surface area contributed by atoms with Crippen LogP contribution in [0.25, 0.3) is 5.69 Å². The highest BCUT2D eigenvalue weighted by Crippen LogP contribution is 2.35. The second-order valence-corrected chi connectivity index (χ2v) is 7.49. The molecule has 0 saturated carbocycles. The quantitative estimate of drug-likeness (QED) is 0.675. The Balaban J connectivity index is 1.48. The zero-order chi connectivity index (χ0) is 21.0. The Morgan fingerprint density at radius 2 is 1.83 bits per heavy atom. The van der Waals surface area contributed by atoms with E-state index >= 15 is 0 Å². The molecule has 156 valence electrons. The summed E-state index contributed by atoms with van der Waals surface area (Å²) in [5.74, 6) is 1.41. The molecule has 1 aromatic heterocycles. The van der Waals surface area contributed by atoms with Crippen molar-refractivity contribution >= 4 is 5.91 Å². The Kier molecular flexibility index (Phi) is 5.76. The van der Waals surface area contributed by atoms with Crippen LogP contribution in [0.15, 0.2) is 48.5 Å². The number of aromatic nitrogens is 4. The summed E-state index contributed by atoms with van der Waals surface area (Å²) < 4.78 is 12.5. The summed E-state index contributed by atoms with van der Waals surface area (Å²) in [5, 5.41) is 14.6. The second kappa shape index (κ2) is 8.62. The number of amides is 1. The van der Waals surface area contributed by atoms with Crippen molar-refractivity contribution in [3.63, 3.8) is 0 Å². The van der Waals surface area contributed by atoms with E-state index in [2.05, 4.69) is 33.0 Å². The molecule has 3 aromatic rings. The molecule has 8 nitrogen and oxygen atoms in total. The van der Waals surface area contributed by atoms with E-state index in [9.17, 15) is 4.79 Å². The minimum Gasteiger partial charge on any atom is -0.497 e. The molecule has 0 bridgehead atoms. The van der Waals surface area contributed by atoms with Crippen molar-refractivity contribution in [2.45, 2.75) is 25.2 Å². The molecule has 8 heteroatoms. The maximum atomic E-state index is 12.8. The first-order valence-corrected chi connectivity index (χ1v) is 9.97. The first-order chi connectivity index (χ1) is 14.6. The van der Waals surface area contributed by atoms with Crippen molar-refractivity contribution in [2.75, 3.05) is 26.9 Å². The number of rotatable bonds is 6. The van der Waals surface area contributed by atoms with E-state index < -0.39 is 0 Å². The molecule has 0 radical (unpaired) electrons. The van der Waals surface area contributed by atoms with Gasteiger partial charge in [-0.15, -0.1) is 5.10 Å². The van der Waals surface area contributed by atoms with E-state index in [4.69, 9.17) is 9.47 Å². The molecule has 4 rings (SSSR count). The zero-order valence-electron chi connectivity index (χ0n) is 17.2. The molecule has 0 atom stereocenters. The van der Waals surface area contributed by atoms with E-state index in [1.54, 1.807) is 23.9 Å². The van der Waals surface area contributed by atoms with Crippen LogP contribution >= 0.6 is 0 Å². The van der Waals surface area contributed by atoms with Gasteiger partial charge in [0.25, 0.3) is 5.91 Å². The molecule has 1 aliphatic rings. The van der Waals surface area contributed by atoms with Crippen LogP contribution in [0.2, 0.25) is 0 Å². The van der Waals surface area contributed by atoms with Crippen molar-refractivity contribution in [2.24, 2.45) is 0 Å². The third-order valence-corrected chi connectivity index (χ3v) is 5.74. The van der Waals surface area contributed by atoms with Gasteiger partial charge in [-0.05, 0) is 72.2 Å². The molecular weight excluding hydrogens is 382 g/mol. The van der Waals surface area contributed by atoms with E-state index in [-0.39, 0.29) is 11.3 Å². The molecular formula is C22H25N5O3. The highest BCUT2D eigenvalue weighted by Gasteiger charge is 2.35. The SMILES string of the molecule is COc1ccc(C2(CNC(=O)c3ccc(-n4nnnc4C)cc3)CCOCC2)cc1. The predicted octanol–water partition coefficient (Wildman–Crippen LogP) is 2.46. The maximum absolute atomic E-state index is 12.8. The van der Waals surface area contributed by atoms with Gasteiger partial charge in [0.15, 0.2) is 5.82 Å². The van der Waals surface area contributed by atoms with Crippen molar-refractivity contribution in [3.8, 4) is 11.4 Å². The van der Waals surface area contributed by atoms with E-state index in [1.807, 2.05) is 31.2 Å². The number of benzene rings is 2. The van der Waals surface area contributed by atoms with E-state index in [1.165, 1.54) is 5.56 Å². The molecule has 1 N–H and O–H groups in total. The van der Waals surface area contributed by atoms with Gasteiger partial charge >= 0.3 is 0 Å². The first-order valence-electron chi connectivity index (χ1n) is 9.97.